The number of hydrogen-bond donors (Lipinski definition) is 3. The van der Waals surface area contributed by atoms with Crippen molar-refractivity contribution in [2.24, 2.45) is 5.73 Å². The smallest absolute Gasteiger partial charge is 0.320 e. The summed E-state index contributed by atoms with van der Waals surface area (Å²) >= 11 is 0. The van der Waals surface area contributed by atoms with E-state index in [1.165, 1.54) is 0 Å². The molecule has 4 heteroatoms. The molecule has 0 saturated carbocycles. The van der Waals surface area contributed by atoms with Crippen molar-refractivity contribution < 1.29 is 9.90 Å². The van der Waals surface area contributed by atoms with Gasteiger partial charge >= 0.3 is 5.97 Å². The summed E-state index contributed by atoms with van der Waals surface area (Å²) in [4.78, 5) is 10.1. The lowest BCUT2D eigenvalue weighted by molar-refractivity contribution is -0.138. The number of nitrogens with two attached hydrogens (primary N) is 1. The summed E-state index contributed by atoms with van der Waals surface area (Å²) in [6.07, 6.45) is 1.35. The number of rotatable bonds is 5. The van der Waals surface area contributed by atoms with Crippen LogP contribution in [-0.4, -0.2) is 30.7 Å². The van der Waals surface area contributed by atoms with E-state index < -0.39 is 12.0 Å². The van der Waals surface area contributed by atoms with Gasteiger partial charge in [0.2, 0.25) is 0 Å². The summed E-state index contributed by atoms with van der Waals surface area (Å²) < 4.78 is 0. The van der Waals surface area contributed by atoms with E-state index in [4.69, 9.17) is 10.8 Å². The van der Waals surface area contributed by atoms with Gasteiger partial charge in [0.05, 0.1) is 0 Å². The van der Waals surface area contributed by atoms with Gasteiger partial charge in [-0.25, -0.2) is 0 Å². The minimum atomic E-state index is -0.920. The average Bonchev–Trinajstić information content (AvgIpc) is 2.08. The van der Waals surface area contributed by atoms with Gasteiger partial charge in [0, 0.05) is 0 Å². The molecule has 74 valence electrons. The molecule has 0 aromatic rings. The minimum absolute atomic E-state index is 0.538. The third-order valence-electron chi connectivity index (χ3n) is 1.26. The van der Waals surface area contributed by atoms with E-state index in [1.54, 1.807) is 0 Å². The summed E-state index contributed by atoms with van der Waals surface area (Å²) in [5.41, 5.74) is 5.23. The van der Waals surface area contributed by atoms with Crippen LogP contribution in [0.2, 0.25) is 0 Å². The Bertz CT molecular complexity index is 107. The van der Waals surface area contributed by atoms with Gasteiger partial charge in [0.25, 0.3) is 0 Å². The van der Waals surface area contributed by atoms with Gasteiger partial charge in [-0.15, -0.1) is 0 Å². The minimum Gasteiger partial charge on any atom is -0.480 e. The number of hydrogen-bond acceptors (Lipinski definition) is 3. The molecule has 0 spiro atoms. The summed E-state index contributed by atoms with van der Waals surface area (Å²) in [6.45, 7) is 4.82. The van der Waals surface area contributed by atoms with Crippen LogP contribution in [0.25, 0.3) is 0 Å². The van der Waals surface area contributed by atoms with Gasteiger partial charge < -0.3 is 16.2 Å². The fraction of sp³-hybridized carbons (Fsp3) is 0.875. The molecule has 0 rings (SSSR count). The molecule has 0 aromatic carbocycles. The second kappa shape index (κ2) is 10.4. The van der Waals surface area contributed by atoms with Gasteiger partial charge in [-0.3, -0.25) is 4.79 Å². The van der Waals surface area contributed by atoms with Crippen molar-refractivity contribution in [2.45, 2.75) is 32.7 Å². The van der Waals surface area contributed by atoms with Crippen LogP contribution in [-0.2, 0) is 4.79 Å². The molecule has 0 aromatic heterocycles. The quantitative estimate of drug-likeness (QED) is 0.531. The molecule has 0 fully saturated rings. The monoisotopic (exact) mass is 176 g/mol. The first-order valence-corrected chi connectivity index (χ1v) is 4.31. The van der Waals surface area contributed by atoms with Gasteiger partial charge in [-0.1, -0.05) is 13.8 Å². The molecule has 0 aliphatic heterocycles. The van der Waals surface area contributed by atoms with Crippen LogP contribution in [0.5, 0.6) is 0 Å². The first-order chi connectivity index (χ1) is 5.68. The van der Waals surface area contributed by atoms with E-state index in [9.17, 15) is 4.79 Å². The highest BCUT2D eigenvalue weighted by Gasteiger charge is 2.09. The van der Waals surface area contributed by atoms with E-state index in [0.29, 0.717) is 6.42 Å². The van der Waals surface area contributed by atoms with Crippen LogP contribution in [0.1, 0.15) is 26.7 Å². The summed E-state index contributed by atoms with van der Waals surface area (Å²) in [5, 5.41) is 11.2. The fourth-order valence-corrected chi connectivity index (χ4v) is 0.622. The van der Waals surface area contributed by atoms with Crippen molar-refractivity contribution in [2.75, 3.05) is 13.6 Å². The molecule has 4 nitrogen and oxygen atoms in total. The van der Waals surface area contributed by atoms with Crippen molar-refractivity contribution in [3.63, 3.8) is 0 Å². The first-order valence-electron chi connectivity index (χ1n) is 4.31. The summed E-state index contributed by atoms with van der Waals surface area (Å²) in [5.74, 6) is -0.920. The van der Waals surface area contributed by atoms with Crippen LogP contribution < -0.4 is 11.1 Å². The Morgan fingerprint density at radius 3 is 2.42 bits per heavy atom. The first kappa shape index (κ1) is 13.9. The highest BCUT2D eigenvalue weighted by Crippen LogP contribution is 1.92. The Morgan fingerprint density at radius 2 is 2.08 bits per heavy atom. The van der Waals surface area contributed by atoms with Crippen molar-refractivity contribution in [1.82, 2.24) is 5.32 Å². The molecule has 0 bridgehead atoms. The number of carboxylic acid groups (broad SMARTS) is 1. The third-order valence-corrected chi connectivity index (χ3v) is 1.26. The SMILES string of the molecule is CC.CNCCC[C@H](N)C(=O)O. The number of carboxylic acids is 1. The Balaban J connectivity index is 0. The Morgan fingerprint density at radius 1 is 1.58 bits per heavy atom. The van der Waals surface area contributed by atoms with Gasteiger partial charge in [-0.2, -0.15) is 0 Å². The van der Waals surface area contributed by atoms with Crippen LogP contribution in [0.4, 0.5) is 0 Å². The number of nitrogens with one attached hydrogen (secondary N) is 1. The molecule has 4 N–H and O–H groups in total. The number of aliphatic carboxylic acids is 1. The van der Waals surface area contributed by atoms with Gasteiger partial charge in [-0.05, 0) is 26.4 Å². The second-order valence-corrected chi connectivity index (χ2v) is 2.19. The fourth-order valence-electron chi connectivity index (χ4n) is 0.622. The molecule has 0 amide bonds. The van der Waals surface area contributed by atoms with E-state index >= 15 is 0 Å². The predicted molar refractivity (Wildman–Crippen MR) is 50.1 cm³/mol. The molecule has 0 aliphatic carbocycles. The Labute approximate surface area is 74.1 Å². The summed E-state index contributed by atoms with van der Waals surface area (Å²) in [7, 11) is 1.83. The highest BCUT2D eigenvalue weighted by atomic mass is 16.4. The summed E-state index contributed by atoms with van der Waals surface area (Å²) in [6, 6.07) is -0.701. The van der Waals surface area contributed by atoms with E-state index in [0.717, 1.165) is 13.0 Å². The van der Waals surface area contributed by atoms with Crippen molar-refractivity contribution >= 4 is 5.97 Å². The van der Waals surface area contributed by atoms with E-state index in [-0.39, 0.29) is 0 Å². The standard InChI is InChI=1S/C6H14N2O2.C2H6/c1-8-4-2-3-5(7)6(9)10;1-2/h5,8H,2-4,7H2,1H3,(H,9,10);1-2H3/t5-;/m0./s1. The molecule has 0 saturated heterocycles. The van der Waals surface area contributed by atoms with Crippen LogP contribution >= 0.6 is 0 Å². The van der Waals surface area contributed by atoms with E-state index in [1.807, 2.05) is 20.9 Å². The second-order valence-electron chi connectivity index (χ2n) is 2.19. The third kappa shape index (κ3) is 9.39. The predicted octanol–water partition coefficient (Wildman–Crippen LogP) is 0.424. The topological polar surface area (TPSA) is 75.3 Å². The van der Waals surface area contributed by atoms with E-state index in [2.05, 4.69) is 5.32 Å². The van der Waals surface area contributed by atoms with Crippen LogP contribution in [0.15, 0.2) is 0 Å². The van der Waals surface area contributed by atoms with Crippen molar-refractivity contribution in [3.8, 4) is 0 Å². The van der Waals surface area contributed by atoms with Crippen molar-refractivity contribution in [3.05, 3.63) is 0 Å². The van der Waals surface area contributed by atoms with Crippen molar-refractivity contribution in [1.29, 1.82) is 0 Å². The molecule has 1 atom stereocenters. The zero-order valence-corrected chi connectivity index (χ0v) is 8.13. The molecular formula is C8H20N2O2. The molecule has 0 heterocycles. The maximum Gasteiger partial charge on any atom is 0.320 e. The normalized spacial score (nSPS) is 11.3. The van der Waals surface area contributed by atoms with Crippen LogP contribution in [0, 0.1) is 0 Å². The van der Waals surface area contributed by atoms with Gasteiger partial charge in [0.15, 0.2) is 0 Å². The molecule has 0 aliphatic rings. The average molecular weight is 176 g/mol. The largest absolute Gasteiger partial charge is 0.480 e. The zero-order chi connectivity index (χ0) is 9.98. The molecular weight excluding hydrogens is 156 g/mol. The maximum absolute atomic E-state index is 10.1. The molecule has 0 radical (unpaired) electrons. The van der Waals surface area contributed by atoms with Gasteiger partial charge in [0.1, 0.15) is 6.04 Å². The lowest BCUT2D eigenvalue weighted by atomic mass is 10.2. The molecule has 0 unspecified atom stereocenters. The van der Waals surface area contributed by atoms with Crippen LogP contribution in [0.3, 0.4) is 0 Å². The zero-order valence-electron chi connectivity index (χ0n) is 8.13. The Hall–Kier alpha value is -0.610. The highest BCUT2D eigenvalue weighted by molar-refractivity contribution is 5.72. The lowest BCUT2D eigenvalue weighted by Gasteiger charge is -2.04. The number of carbonyl (C=O) groups is 1. The Kier molecular flexibility index (Phi) is 12.1. The maximum atomic E-state index is 10.1. The molecule has 12 heavy (non-hydrogen) atoms. The lowest BCUT2D eigenvalue weighted by Crippen LogP contribution is -2.30.